The fourth-order valence-electron chi connectivity index (χ4n) is 4.79. The molecule has 2 amide bonds. The summed E-state index contributed by atoms with van der Waals surface area (Å²) >= 11 is 0. The zero-order valence-electron chi connectivity index (χ0n) is 21.7. The zero-order chi connectivity index (χ0) is 23.6. The molecule has 1 rings (SSSR count). The van der Waals surface area contributed by atoms with Crippen molar-refractivity contribution in [3.05, 3.63) is 0 Å². The maximum Gasteiger partial charge on any atom is 0.223 e. The Hall–Kier alpha value is -1.14. The van der Waals surface area contributed by atoms with Crippen molar-refractivity contribution in [2.75, 3.05) is 52.4 Å². The van der Waals surface area contributed by atoms with Crippen LogP contribution in [0.15, 0.2) is 0 Å². The lowest BCUT2D eigenvalue weighted by Crippen LogP contribution is -3.28. The van der Waals surface area contributed by atoms with Crippen LogP contribution in [-0.4, -0.2) is 64.2 Å². The van der Waals surface area contributed by atoms with Crippen molar-refractivity contribution < 1.29 is 19.4 Å². The Labute approximate surface area is 198 Å². The number of hydrogen-bond acceptors (Lipinski definition) is 2. The van der Waals surface area contributed by atoms with Gasteiger partial charge in [-0.25, -0.2) is 0 Å². The van der Waals surface area contributed by atoms with Crippen LogP contribution in [0.4, 0.5) is 0 Å². The summed E-state index contributed by atoms with van der Waals surface area (Å²) in [7, 11) is 0. The Morgan fingerprint density at radius 3 is 1.34 bits per heavy atom. The Kier molecular flexibility index (Phi) is 16.5. The fourth-order valence-corrected chi connectivity index (χ4v) is 4.79. The summed E-state index contributed by atoms with van der Waals surface area (Å²) < 4.78 is 0. The van der Waals surface area contributed by atoms with Crippen LogP contribution in [0.1, 0.15) is 91.9 Å². The molecule has 2 atom stereocenters. The van der Waals surface area contributed by atoms with Gasteiger partial charge in [-0.1, -0.05) is 53.4 Å². The molecule has 1 saturated heterocycles. The summed E-state index contributed by atoms with van der Waals surface area (Å²) in [6.07, 6.45) is 10.7. The number of carbonyl (C=O) groups is 2. The summed E-state index contributed by atoms with van der Waals surface area (Å²) in [4.78, 5) is 27.9. The van der Waals surface area contributed by atoms with E-state index in [4.69, 9.17) is 0 Å². The third kappa shape index (κ3) is 12.2. The standard InChI is InChI=1S/C26H52N4O2/c1-5-9-13-23(7-3)25(31)27-15-11-17-29-19-21-30(22-20-29)18-12-16-28-26(32)24(8-4)14-10-6-2/h23-24H,5-22H2,1-4H3,(H,27,31)(H,28,32)/p+2/t23-,24+. The van der Waals surface area contributed by atoms with E-state index < -0.39 is 0 Å². The number of rotatable bonds is 18. The van der Waals surface area contributed by atoms with E-state index >= 15 is 0 Å². The third-order valence-corrected chi connectivity index (χ3v) is 7.22. The van der Waals surface area contributed by atoms with Crippen molar-refractivity contribution >= 4 is 11.8 Å². The molecular weight excluding hydrogens is 400 g/mol. The van der Waals surface area contributed by atoms with E-state index in [1.807, 2.05) is 0 Å². The molecule has 0 radical (unpaired) electrons. The molecule has 0 aromatic carbocycles. The molecular formula is C26H54N4O2+2. The Bertz CT molecular complexity index is 448. The number of hydrogen-bond donors (Lipinski definition) is 4. The van der Waals surface area contributed by atoms with Crippen molar-refractivity contribution in [1.29, 1.82) is 0 Å². The zero-order valence-corrected chi connectivity index (χ0v) is 21.7. The smallest absolute Gasteiger partial charge is 0.223 e. The Morgan fingerprint density at radius 1 is 0.656 bits per heavy atom. The van der Waals surface area contributed by atoms with E-state index in [1.165, 1.54) is 26.2 Å². The molecule has 0 aromatic heterocycles. The average molecular weight is 455 g/mol. The van der Waals surface area contributed by atoms with Gasteiger partial charge < -0.3 is 20.4 Å². The molecule has 0 aliphatic carbocycles. The second kappa shape index (κ2) is 18.3. The second-order valence-electron chi connectivity index (χ2n) is 9.78. The van der Waals surface area contributed by atoms with E-state index in [-0.39, 0.29) is 23.7 Å². The molecule has 1 heterocycles. The molecule has 4 N–H and O–H groups in total. The highest BCUT2D eigenvalue weighted by atomic mass is 16.2. The minimum atomic E-state index is 0.198. The summed E-state index contributed by atoms with van der Waals surface area (Å²) in [6.45, 7) is 17.4. The minimum Gasteiger partial charge on any atom is -0.356 e. The van der Waals surface area contributed by atoms with Gasteiger partial charge in [0.05, 0.1) is 13.1 Å². The Morgan fingerprint density at radius 2 is 1.03 bits per heavy atom. The van der Waals surface area contributed by atoms with Crippen LogP contribution < -0.4 is 20.4 Å². The molecule has 188 valence electrons. The van der Waals surface area contributed by atoms with Gasteiger partial charge in [0, 0.05) is 37.8 Å². The van der Waals surface area contributed by atoms with Crippen LogP contribution in [0, 0.1) is 11.8 Å². The molecule has 0 bridgehead atoms. The molecule has 1 aliphatic rings. The largest absolute Gasteiger partial charge is 0.356 e. The SMILES string of the molecule is CCCC[C@@H](CC)C(=O)NCCC[NH+]1CC[NH+](CCCNC(=O)[C@@H](CC)CCCC)CC1. The monoisotopic (exact) mass is 454 g/mol. The van der Waals surface area contributed by atoms with E-state index in [1.54, 1.807) is 9.80 Å². The number of piperazine rings is 1. The lowest BCUT2D eigenvalue weighted by Gasteiger charge is -2.29. The van der Waals surface area contributed by atoms with Crippen LogP contribution in [0.5, 0.6) is 0 Å². The van der Waals surface area contributed by atoms with Crippen molar-refractivity contribution in [2.45, 2.75) is 91.9 Å². The molecule has 6 nitrogen and oxygen atoms in total. The predicted octanol–water partition coefficient (Wildman–Crippen LogP) is 1.22. The van der Waals surface area contributed by atoms with E-state index in [0.717, 1.165) is 90.4 Å². The van der Waals surface area contributed by atoms with E-state index in [0.29, 0.717) is 0 Å². The lowest BCUT2D eigenvalue weighted by molar-refractivity contribution is -1.01. The van der Waals surface area contributed by atoms with Crippen LogP contribution in [0.3, 0.4) is 0 Å². The molecule has 0 saturated carbocycles. The number of nitrogens with one attached hydrogen (secondary N) is 4. The van der Waals surface area contributed by atoms with E-state index in [2.05, 4.69) is 38.3 Å². The highest BCUT2D eigenvalue weighted by molar-refractivity contribution is 5.78. The van der Waals surface area contributed by atoms with Gasteiger partial charge in [0.15, 0.2) is 0 Å². The summed E-state index contributed by atoms with van der Waals surface area (Å²) in [6, 6.07) is 0. The van der Waals surface area contributed by atoms with E-state index in [9.17, 15) is 9.59 Å². The van der Waals surface area contributed by atoms with Crippen LogP contribution in [-0.2, 0) is 9.59 Å². The molecule has 1 fully saturated rings. The van der Waals surface area contributed by atoms with Crippen molar-refractivity contribution in [3.8, 4) is 0 Å². The Balaban J connectivity index is 2.09. The molecule has 1 aliphatic heterocycles. The number of amides is 2. The first-order valence-electron chi connectivity index (χ1n) is 13.8. The molecule has 0 aromatic rings. The van der Waals surface area contributed by atoms with Crippen LogP contribution in [0.25, 0.3) is 0 Å². The van der Waals surface area contributed by atoms with Gasteiger partial charge in [0.2, 0.25) is 11.8 Å². The quantitative estimate of drug-likeness (QED) is 0.235. The van der Waals surface area contributed by atoms with Gasteiger partial charge >= 0.3 is 0 Å². The average Bonchev–Trinajstić information content (AvgIpc) is 2.81. The van der Waals surface area contributed by atoms with Crippen molar-refractivity contribution in [2.24, 2.45) is 11.8 Å². The van der Waals surface area contributed by atoms with Gasteiger partial charge in [-0.15, -0.1) is 0 Å². The number of unbranched alkanes of at least 4 members (excludes halogenated alkanes) is 2. The first-order valence-corrected chi connectivity index (χ1v) is 13.8. The van der Waals surface area contributed by atoms with Crippen LogP contribution >= 0.6 is 0 Å². The van der Waals surface area contributed by atoms with Gasteiger partial charge in [-0.05, 0) is 25.7 Å². The summed E-state index contributed by atoms with van der Waals surface area (Å²) in [5.74, 6) is 0.910. The maximum absolute atomic E-state index is 12.3. The third-order valence-electron chi connectivity index (χ3n) is 7.22. The summed E-state index contributed by atoms with van der Waals surface area (Å²) in [5.41, 5.74) is 0. The number of quaternary nitrogens is 2. The first-order chi connectivity index (χ1) is 15.5. The molecule has 0 spiro atoms. The first kappa shape index (κ1) is 28.9. The minimum absolute atomic E-state index is 0.198. The normalized spacial score (nSPS) is 20.5. The van der Waals surface area contributed by atoms with Crippen molar-refractivity contribution in [3.63, 3.8) is 0 Å². The van der Waals surface area contributed by atoms with Gasteiger partial charge in [-0.3, -0.25) is 9.59 Å². The topological polar surface area (TPSA) is 67.1 Å². The molecule has 0 unspecified atom stereocenters. The highest BCUT2D eigenvalue weighted by Crippen LogP contribution is 2.13. The second-order valence-corrected chi connectivity index (χ2v) is 9.78. The van der Waals surface area contributed by atoms with Crippen molar-refractivity contribution in [1.82, 2.24) is 10.6 Å². The lowest BCUT2D eigenvalue weighted by atomic mass is 9.98. The molecule has 32 heavy (non-hydrogen) atoms. The molecule has 6 heteroatoms. The van der Waals surface area contributed by atoms with Gasteiger partial charge in [-0.2, -0.15) is 0 Å². The van der Waals surface area contributed by atoms with Gasteiger partial charge in [0.1, 0.15) is 26.2 Å². The highest BCUT2D eigenvalue weighted by Gasteiger charge is 2.22. The van der Waals surface area contributed by atoms with Crippen LogP contribution in [0.2, 0.25) is 0 Å². The fraction of sp³-hybridized carbons (Fsp3) is 0.923. The van der Waals surface area contributed by atoms with Gasteiger partial charge in [0.25, 0.3) is 0 Å². The predicted molar refractivity (Wildman–Crippen MR) is 133 cm³/mol. The number of carbonyl (C=O) groups excluding carboxylic acids is 2. The maximum atomic E-state index is 12.3. The summed E-state index contributed by atoms with van der Waals surface area (Å²) in [5, 5.41) is 6.33.